The maximum Gasteiger partial charge on any atom is 0.312 e. The fourth-order valence-corrected chi connectivity index (χ4v) is 2.44. The molecule has 0 fully saturated rings. The first-order valence-electron chi connectivity index (χ1n) is 8.12. The Morgan fingerprint density at radius 2 is 1.88 bits per heavy atom. The molecule has 0 amide bonds. The molecule has 0 aliphatic heterocycles. The van der Waals surface area contributed by atoms with E-state index in [2.05, 4.69) is 10.1 Å². The summed E-state index contributed by atoms with van der Waals surface area (Å²) in [6.07, 6.45) is 1.57. The second-order valence-corrected chi connectivity index (χ2v) is 6.72. The van der Waals surface area contributed by atoms with Crippen molar-refractivity contribution in [3.63, 3.8) is 0 Å². The van der Waals surface area contributed by atoms with Crippen molar-refractivity contribution in [3.8, 4) is 5.75 Å². The Kier molecular flexibility index (Phi) is 4.70. The zero-order valence-electron chi connectivity index (χ0n) is 14.6. The zero-order chi connectivity index (χ0) is 17.9. The molecular weight excluding hydrogens is 318 g/mol. The summed E-state index contributed by atoms with van der Waals surface area (Å²) < 4.78 is 12.9. The molecule has 2 aromatic heterocycles. The second-order valence-electron chi connectivity index (χ2n) is 6.72. The molecule has 6 heteroatoms. The molecule has 0 aliphatic carbocycles. The zero-order valence-corrected chi connectivity index (χ0v) is 14.6. The van der Waals surface area contributed by atoms with Gasteiger partial charge in [0.1, 0.15) is 18.5 Å². The normalized spacial score (nSPS) is 11.5. The van der Waals surface area contributed by atoms with Gasteiger partial charge in [0.15, 0.2) is 11.4 Å². The Morgan fingerprint density at radius 1 is 1.12 bits per heavy atom. The van der Waals surface area contributed by atoms with Crippen LogP contribution in [-0.2, 0) is 22.6 Å². The molecule has 0 radical (unpaired) electrons. The number of nitrogens with zero attached hydrogens (tertiary/aromatic N) is 3. The minimum atomic E-state index is -0.517. The fraction of sp³-hybridized carbons (Fsp3) is 0.316. The maximum atomic E-state index is 12.1. The predicted molar refractivity (Wildman–Crippen MR) is 93.3 cm³/mol. The standard InChI is InChI=1S/C19H21N3O3/c1-19(2,3)25-17(23)11-15-9-10-16(18-20-13-21-22(15)18)24-12-14-7-5-4-6-8-14/h4-10,13H,11-12H2,1-3H3. The van der Waals surface area contributed by atoms with E-state index in [-0.39, 0.29) is 12.4 Å². The SMILES string of the molecule is CC(C)(C)OC(=O)Cc1ccc(OCc2ccccc2)c2ncnn12. The van der Waals surface area contributed by atoms with E-state index in [0.717, 1.165) is 5.56 Å². The first kappa shape index (κ1) is 17.0. The summed E-state index contributed by atoms with van der Waals surface area (Å²) in [7, 11) is 0. The summed E-state index contributed by atoms with van der Waals surface area (Å²) >= 11 is 0. The van der Waals surface area contributed by atoms with Gasteiger partial charge in [0.25, 0.3) is 0 Å². The van der Waals surface area contributed by atoms with Gasteiger partial charge in [-0.1, -0.05) is 30.3 Å². The first-order valence-corrected chi connectivity index (χ1v) is 8.12. The van der Waals surface area contributed by atoms with Crippen LogP contribution < -0.4 is 4.74 Å². The highest BCUT2D eigenvalue weighted by Gasteiger charge is 2.18. The molecule has 6 nitrogen and oxygen atoms in total. The van der Waals surface area contributed by atoms with Crippen molar-refractivity contribution < 1.29 is 14.3 Å². The van der Waals surface area contributed by atoms with Crippen LogP contribution in [0.15, 0.2) is 48.8 Å². The van der Waals surface area contributed by atoms with Crippen LogP contribution in [0.5, 0.6) is 5.75 Å². The van der Waals surface area contributed by atoms with Gasteiger partial charge in [0.2, 0.25) is 0 Å². The third-order valence-electron chi connectivity index (χ3n) is 3.45. The van der Waals surface area contributed by atoms with Gasteiger partial charge < -0.3 is 9.47 Å². The van der Waals surface area contributed by atoms with Crippen molar-refractivity contribution in [3.05, 3.63) is 60.0 Å². The van der Waals surface area contributed by atoms with Crippen LogP contribution in [0.25, 0.3) is 5.65 Å². The van der Waals surface area contributed by atoms with Crippen molar-refractivity contribution in [2.24, 2.45) is 0 Å². The average molecular weight is 339 g/mol. The highest BCUT2D eigenvalue weighted by molar-refractivity contribution is 5.73. The monoisotopic (exact) mass is 339 g/mol. The number of hydrogen-bond acceptors (Lipinski definition) is 5. The lowest BCUT2D eigenvalue weighted by atomic mass is 10.2. The number of carbonyl (C=O) groups excluding carboxylic acids is 1. The van der Waals surface area contributed by atoms with Crippen molar-refractivity contribution in [1.82, 2.24) is 14.6 Å². The summed E-state index contributed by atoms with van der Waals surface area (Å²) in [6, 6.07) is 13.5. The summed E-state index contributed by atoms with van der Waals surface area (Å²) in [6.45, 7) is 5.97. The van der Waals surface area contributed by atoms with E-state index in [4.69, 9.17) is 9.47 Å². The number of aromatic nitrogens is 3. The van der Waals surface area contributed by atoms with Crippen LogP contribution in [0.3, 0.4) is 0 Å². The number of benzene rings is 1. The molecule has 3 rings (SSSR count). The smallest absolute Gasteiger partial charge is 0.312 e. The van der Waals surface area contributed by atoms with E-state index in [9.17, 15) is 4.79 Å². The van der Waals surface area contributed by atoms with Crippen molar-refractivity contribution in [2.45, 2.75) is 39.4 Å². The minimum absolute atomic E-state index is 0.121. The molecule has 2 heterocycles. The van der Waals surface area contributed by atoms with Crippen LogP contribution >= 0.6 is 0 Å². The molecule has 0 N–H and O–H groups in total. The largest absolute Gasteiger partial charge is 0.485 e. The van der Waals surface area contributed by atoms with Gasteiger partial charge in [-0.2, -0.15) is 5.10 Å². The quantitative estimate of drug-likeness (QED) is 0.668. The van der Waals surface area contributed by atoms with Gasteiger partial charge in [-0.3, -0.25) is 4.79 Å². The van der Waals surface area contributed by atoms with E-state index in [1.165, 1.54) is 6.33 Å². The Morgan fingerprint density at radius 3 is 2.60 bits per heavy atom. The lowest BCUT2D eigenvalue weighted by molar-refractivity contribution is -0.154. The van der Waals surface area contributed by atoms with Gasteiger partial charge in [0.05, 0.1) is 12.1 Å². The van der Waals surface area contributed by atoms with E-state index in [1.807, 2.05) is 63.2 Å². The molecule has 25 heavy (non-hydrogen) atoms. The number of ether oxygens (including phenoxy) is 2. The van der Waals surface area contributed by atoms with Gasteiger partial charge in [-0.25, -0.2) is 9.50 Å². The van der Waals surface area contributed by atoms with Crippen LogP contribution in [0.4, 0.5) is 0 Å². The summed E-state index contributed by atoms with van der Waals surface area (Å²) in [5.41, 5.74) is 1.83. The molecule has 1 aromatic carbocycles. The third kappa shape index (κ3) is 4.35. The molecule has 0 unspecified atom stereocenters. The first-order chi connectivity index (χ1) is 11.9. The topological polar surface area (TPSA) is 65.7 Å². The van der Waals surface area contributed by atoms with E-state index < -0.39 is 5.60 Å². The van der Waals surface area contributed by atoms with Crippen LogP contribution in [0.2, 0.25) is 0 Å². The number of pyridine rings is 1. The maximum absolute atomic E-state index is 12.1. The number of hydrogen-bond donors (Lipinski definition) is 0. The number of carbonyl (C=O) groups is 1. The highest BCUT2D eigenvalue weighted by atomic mass is 16.6. The molecule has 0 saturated carbocycles. The Balaban J connectivity index is 1.77. The average Bonchev–Trinajstić information content (AvgIpc) is 3.03. The van der Waals surface area contributed by atoms with Gasteiger partial charge >= 0.3 is 5.97 Å². The van der Waals surface area contributed by atoms with Gasteiger partial charge in [-0.15, -0.1) is 0 Å². The Labute approximate surface area is 146 Å². The van der Waals surface area contributed by atoms with E-state index in [0.29, 0.717) is 23.7 Å². The summed E-state index contributed by atoms with van der Waals surface area (Å²) in [4.78, 5) is 16.3. The molecule has 0 saturated heterocycles. The van der Waals surface area contributed by atoms with E-state index >= 15 is 0 Å². The highest BCUT2D eigenvalue weighted by Crippen LogP contribution is 2.21. The van der Waals surface area contributed by atoms with Crippen molar-refractivity contribution in [2.75, 3.05) is 0 Å². The van der Waals surface area contributed by atoms with E-state index in [1.54, 1.807) is 4.52 Å². The molecule has 130 valence electrons. The molecule has 0 bridgehead atoms. The molecule has 0 spiro atoms. The Bertz CT molecular complexity index is 867. The predicted octanol–water partition coefficient (Wildman–Crippen LogP) is 3.19. The minimum Gasteiger partial charge on any atom is -0.485 e. The lowest BCUT2D eigenvalue weighted by Crippen LogP contribution is -2.25. The molecular formula is C19H21N3O3. The molecule has 0 aliphatic rings. The van der Waals surface area contributed by atoms with Crippen LogP contribution in [0.1, 0.15) is 32.0 Å². The second kappa shape index (κ2) is 6.93. The molecule has 3 aromatic rings. The van der Waals surface area contributed by atoms with Crippen molar-refractivity contribution >= 4 is 11.6 Å². The van der Waals surface area contributed by atoms with Gasteiger partial charge in [0, 0.05) is 0 Å². The number of rotatable bonds is 5. The van der Waals surface area contributed by atoms with Crippen LogP contribution in [-0.4, -0.2) is 26.2 Å². The fourth-order valence-electron chi connectivity index (χ4n) is 2.44. The third-order valence-corrected chi connectivity index (χ3v) is 3.45. The lowest BCUT2D eigenvalue weighted by Gasteiger charge is -2.19. The number of esters is 1. The summed E-state index contributed by atoms with van der Waals surface area (Å²) in [5, 5.41) is 4.20. The summed E-state index contributed by atoms with van der Waals surface area (Å²) in [5.74, 6) is 0.316. The molecule has 0 atom stereocenters. The van der Waals surface area contributed by atoms with Gasteiger partial charge in [-0.05, 0) is 38.5 Å². The van der Waals surface area contributed by atoms with Crippen molar-refractivity contribution in [1.29, 1.82) is 0 Å². The Hall–Kier alpha value is -2.89. The number of fused-ring (bicyclic) bond motifs is 1. The van der Waals surface area contributed by atoms with Crippen LogP contribution in [0, 0.1) is 0 Å².